The van der Waals surface area contributed by atoms with Gasteiger partial charge in [-0.05, 0) is 18.1 Å². The molecular weight excluding hydrogens is 237 g/mol. The van der Waals surface area contributed by atoms with Crippen LogP contribution in [0.3, 0.4) is 0 Å². The number of rotatable bonds is 3. The lowest BCUT2D eigenvalue weighted by atomic mass is 10.1. The number of aromatic nitrogens is 3. The Morgan fingerprint density at radius 1 is 1.50 bits per heavy atom. The fourth-order valence-corrected chi connectivity index (χ4v) is 1.64. The van der Waals surface area contributed by atoms with Gasteiger partial charge in [0.05, 0.1) is 6.20 Å². The van der Waals surface area contributed by atoms with E-state index in [-0.39, 0.29) is 17.3 Å². The second-order valence-electron chi connectivity index (χ2n) is 4.15. The Morgan fingerprint density at radius 3 is 2.78 bits per heavy atom. The van der Waals surface area contributed by atoms with E-state index >= 15 is 0 Å². The molecule has 0 saturated heterocycles. The van der Waals surface area contributed by atoms with E-state index in [9.17, 15) is 9.18 Å². The van der Waals surface area contributed by atoms with Gasteiger partial charge in [-0.3, -0.25) is 4.98 Å². The summed E-state index contributed by atoms with van der Waals surface area (Å²) in [5.41, 5.74) is 0.730. The number of hydrogen-bond donors (Lipinski definition) is 1. The van der Waals surface area contributed by atoms with Crippen molar-refractivity contribution in [3.8, 4) is 5.69 Å². The van der Waals surface area contributed by atoms with Crippen LogP contribution in [0.15, 0.2) is 24.5 Å². The SMILES string of the molecule is CC(C)c1cc(C(=O)O)nn1-c1ccncc1F. The first-order valence-electron chi connectivity index (χ1n) is 5.44. The van der Waals surface area contributed by atoms with Gasteiger partial charge in [0.2, 0.25) is 0 Å². The minimum Gasteiger partial charge on any atom is -0.476 e. The van der Waals surface area contributed by atoms with E-state index in [1.165, 1.54) is 23.0 Å². The second-order valence-corrected chi connectivity index (χ2v) is 4.15. The summed E-state index contributed by atoms with van der Waals surface area (Å²) in [5.74, 6) is -1.65. The van der Waals surface area contributed by atoms with E-state index in [0.29, 0.717) is 5.69 Å². The number of nitrogens with zero attached hydrogens (tertiary/aromatic N) is 3. The van der Waals surface area contributed by atoms with Gasteiger partial charge in [0.1, 0.15) is 5.69 Å². The molecule has 2 rings (SSSR count). The Labute approximate surface area is 103 Å². The molecule has 2 heterocycles. The summed E-state index contributed by atoms with van der Waals surface area (Å²) in [6, 6.07) is 2.91. The summed E-state index contributed by atoms with van der Waals surface area (Å²) in [4.78, 5) is 14.6. The van der Waals surface area contributed by atoms with Gasteiger partial charge in [0.15, 0.2) is 11.5 Å². The Hall–Kier alpha value is -2.24. The molecule has 0 aliphatic carbocycles. The zero-order chi connectivity index (χ0) is 13.3. The van der Waals surface area contributed by atoms with Crippen molar-refractivity contribution in [2.24, 2.45) is 0 Å². The Bertz CT molecular complexity index is 593. The molecule has 0 unspecified atom stereocenters. The number of carboxylic acid groups (broad SMARTS) is 1. The topological polar surface area (TPSA) is 68.0 Å². The van der Waals surface area contributed by atoms with Crippen molar-refractivity contribution in [3.05, 3.63) is 41.7 Å². The monoisotopic (exact) mass is 249 g/mol. The number of halogens is 1. The summed E-state index contributed by atoms with van der Waals surface area (Å²) in [6.45, 7) is 3.77. The van der Waals surface area contributed by atoms with Gasteiger partial charge in [-0.25, -0.2) is 13.9 Å². The number of aromatic carboxylic acids is 1. The predicted molar refractivity (Wildman–Crippen MR) is 62.4 cm³/mol. The van der Waals surface area contributed by atoms with Crippen molar-refractivity contribution >= 4 is 5.97 Å². The summed E-state index contributed by atoms with van der Waals surface area (Å²) in [5, 5.41) is 12.9. The molecule has 1 N–H and O–H groups in total. The Morgan fingerprint density at radius 2 is 2.22 bits per heavy atom. The second kappa shape index (κ2) is 4.56. The average Bonchev–Trinajstić information content (AvgIpc) is 2.74. The van der Waals surface area contributed by atoms with Crippen molar-refractivity contribution in [2.45, 2.75) is 19.8 Å². The maximum absolute atomic E-state index is 13.7. The minimum atomic E-state index is -1.13. The zero-order valence-corrected chi connectivity index (χ0v) is 9.96. The van der Waals surface area contributed by atoms with Crippen LogP contribution in [0.4, 0.5) is 4.39 Å². The molecule has 2 aromatic rings. The molecule has 0 spiro atoms. The lowest BCUT2D eigenvalue weighted by Gasteiger charge is -2.09. The number of hydrogen-bond acceptors (Lipinski definition) is 3. The summed E-state index contributed by atoms with van der Waals surface area (Å²) in [7, 11) is 0. The van der Waals surface area contributed by atoms with E-state index in [0.717, 1.165) is 6.20 Å². The first kappa shape index (κ1) is 12.2. The molecule has 0 fully saturated rings. The van der Waals surface area contributed by atoms with Gasteiger partial charge in [-0.1, -0.05) is 13.8 Å². The van der Waals surface area contributed by atoms with Crippen LogP contribution < -0.4 is 0 Å². The van der Waals surface area contributed by atoms with Crippen LogP contribution in [-0.4, -0.2) is 25.8 Å². The summed E-state index contributed by atoms with van der Waals surface area (Å²) >= 11 is 0. The summed E-state index contributed by atoms with van der Waals surface area (Å²) < 4.78 is 15.0. The van der Waals surface area contributed by atoms with Gasteiger partial charge in [0, 0.05) is 11.9 Å². The van der Waals surface area contributed by atoms with Gasteiger partial charge >= 0.3 is 5.97 Å². The van der Waals surface area contributed by atoms with Crippen molar-refractivity contribution in [3.63, 3.8) is 0 Å². The first-order chi connectivity index (χ1) is 8.50. The molecule has 6 heteroatoms. The van der Waals surface area contributed by atoms with Crippen molar-refractivity contribution in [2.75, 3.05) is 0 Å². The van der Waals surface area contributed by atoms with Gasteiger partial charge in [-0.15, -0.1) is 0 Å². The highest BCUT2D eigenvalue weighted by Gasteiger charge is 2.18. The maximum atomic E-state index is 13.7. The lowest BCUT2D eigenvalue weighted by molar-refractivity contribution is 0.0690. The summed E-state index contributed by atoms with van der Waals surface area (Å²) in [6.07, 6.45) is 2.51. The highest BCUT2D eigenvalue weighted by atomic mass is 19.1. The largest absolute Gasteiger partial charge is 0.476 e. The minimum absolute atomic E-state index is 0.0261. The van der Waals surface area contributed by atoms with Crippen LogP contribution in [0.25, 0.3) is 5.69 Å². The Kier molecular flexibility index (Phi) is 3.10. The molecule has 0 bridgehead atoms. The molecule has 5 nitrogen and oxygen atoms in total. The molecule has 94 valence electrons. The number of carbonyl (C=O) groups is 1. The van der Waals surface area contributed by atoms with Gasteiger partial charge < -0.3 is 5.11 Å². The van der Waals surface area contributed by atoms with Crippen LogP contribution >= 0.6 is 0 Å². The molecule has 0 saturated carbocycles. The average molecular weight is 249 g/mol. The fourth-order valence-electron chi connectivity index (χ4n) is 1.64. The third-order valence-corrected chi connectivity index (χ3v) is 2.53. The molecule has 0 atom stereocenters. The lowest BCUT2D eigenvalue weighted by Crippen LogP contribution is -2.07. The van der Waals surface area contributed by atoms with E-state index in [1.807, 2.05) is 13.8 Å². The van der Waals surface area contributed by atoms with Crippen LogP contribution in [0.5, 0.6) is 0 Å². The normalized spacial score (nSPS) is 10.9. The third kappa shape index (κ3) is 2.09. The van der Waals surface area contributed by atoms with Crippen LogP contribution in [0.2, 0.25) is 0 Å². The maximum Gasteiger partial charge on any atom is 0.356 e. The first-order valence-corrected chi connectivity index (χ1v) is 5.44. The highest BCUT2D eigenvalue weighted by molar-refractivity contribution is 5.85. The Balaban J connectivity index is 2.63. The number of carboxylic acids is 1. The number of pyridine rings is 1. The molecule has 0 aliphatic rings. The van der Waals surface area contributed by atoms with Crippen molar-refractivity contribution in [1.29, 1.82) is 0 Å². The van der Waals surface area contributed by atoms with Crippen molar-refractivity contribution in [1.82, 2.24) is 14.8 Å². The van der Waals surface area contributed by atoms with Gasteiger partial charge in [-0.2, -0.15) is 5.10 Å². The molecule has 2 aromatic heterocycles. The molecule has 0 radical (unpaired) electrons. The van der Waals surface area contributed by atoms with Crippen LogP contribution in [0.1, 0.15) is 35.9 Å². The molecular formula is C12H12FN3O2. The van der Waals surface area contributed by atoms with E-state index in [1.54, 1.807) is 0 Å². The zero-order valence-electron chi connectivity index (χ0n) is 9.96. The van der Waals surface area contributed by atoms with Crippen molar-refractivity contribution < 1.29 is 14.3 Å². The standard InChI is InChI=1S/C12H12FN3O2/c1-7(2)11-5-9(12(17)18)15-16(11)10-3-4-14-6-8(10)13/h3-7H,1-2H3,(H,17,18). The molecule has 0 aromatic carbocycles. The molecule has 18 heavy (non-hydrogen) atoms. The van der Waals surface area contributed by atoms with E-state index in [4.69, 9.17) is 5.11 Å². The van der Waals surface area contributed by atoms with E-state index in [2.05, 4.69) is 10.1 Å². The van der Waals surface area contributed by atoms with Crippen LogP contribution in [0, 0.1) is 5.82 Å². The smallest absolute Gasteiger partial charge is 0.356 e. The quantitative estimate of drug-likeness (QED) is 0.905. The fraction of sp³-hybridized carbons (Fsp3) is 0.250. The third-order valence-electron chi connectivity index (χ3n) is 2.53. The predicted octanol–water partition coefficient (Wildman–Crippen LogP) is 2.23. The van der Waals surface area contributed by atoms with E-state index < -0.39 is 11.8 Å². The van der Waals surface area contributed by atoms with Crippen LogP contribution in [-0.2, 0) is 0 Å². The highest BCUT2D eigenvalue weighted by Crippen LogP contribution is 2.21. The molecule has 0 aliphatic heterocycles. The molecule has 0 amide bonds. The van der Waals surface area contributed by atoms with Gasteiger partial charge in [0.25, 0.3) is 0 Å².